The first-order valence-corrected chi connectivity index (χ1v) is 7.19. The molecule has 1 aliphatic rings. The molecule has 3 rings (SSSR count). The fourth-order valence-electron chi connectivity index (χ4n) is 2.50. The maximum Gasteiger partial charge on any atom is 0.229 e. The summed E-state index contributed by atoms with van der Waals surface area (Å²) in [5, 5.41) is 0. The number of Topliss-reactive ketones (excluding diaryl/α,β-unsaturated/α-hetero) is 1. The molecule has 1 aliphatic heterocycles. The number of ether oxygens (including phenoxy) is 2. The maximum atomic E-state index is 12.8. The Kier molecular flexibility index (Phi) is 4.19. The predicted molar refractivity (Wildman–Crippen MR) is 82.0 cm³/mol. The van der Waals surface area contributed by atoms with E-state index >= 15 is 0 Å². The van der Waals surface area contributed by atoms with Gasteiger partial charge in [-0.3, -0.25) is 9.78 Å². The number of hydrogen-bond acceptors (Lipinski definition) is 4. The van der Waals surface area contributed by atoms with Crippen LogP contribution >= 0.6 is 0 Å². The minimum atomic E-state index is -0.525. The van der Waals surface area contributed by atoms with Crippen LogP contribution in [0.5, 0.6) is 0 Å². The van der Waals surface area contributed by atoms with E-state index in [4.69, 9.17) is 9.47 Å². The number of carbonyl (C=O) groups excluding carboxylic acids is 1. The lowest BCUT2D eigenvalue weighted by atomic mass is 9.92. The van der Waals surface area contributed by atoms with E-state index in [1.807, 2.05) is 55.5 Å². The second-order valence-electron chi connectivity index (χ2n) is 5.21. The van der Waals surface area contributed by atoms with E-state index in [1.54, 1.807) is 0 Å². The van der Waals surface area contributed by atoms with Gasteiger partial charge in [0.2, 0.25) is 6.79 Å². The summed E-state index contributed by atoms with van der Waals surface area (Å²) in [6, 6.07) is 15.3. The number of aryl methyl sites for hydroxylation is 1. The van der Waals surface area contributed by atoms with Crippen molar-refractivity contribution in [2.45, 2.75) is 19.3 Å². The zero-order chi connectivity index (χ0) is 15.4. The third kappa shape index (κ3) is 3.17. The SMILES string of the molecule is Cc1cccc(C(C(=O)Cc2ccccc2)C2=COCO2)n1. The van der Waals surface area contributed by atoms with Crippen molar-refractivity contribution in [3.63, 3.8) is 0 Å². The summed E-state index contributed by atoms with van der Waals surface area (Å²) in [6.45, 7) is 2.05. The van der Waals surface area contributed by atoms with Crippen molar-refractivity contribution in [1.82, 2.24) is 4.98 Å². The van der Waals surface area contributed by atoms with Gasteiger partial charge in [0, 0.05) is 12.1 Å². The number of allylic oxidation sites excluding steroid dienone is 1. The van der Waals surface area contributed by atoms with Crippen LogP contribution in [0.15, 0.2) is 60.6 Å². The Morgan fingerprint density at radius 1 is 1.18 bits per heavy atom. The Labute approximate surface area is 129 Å². The van der Waals surface area contributed by atoms with Crippen molar-refractivity contribution >= 4 is 5.78 Å². The lowest BCUT2D eigenvalue weighted by molar-refractivity contribution is -0.120. The van der Waals surface area contributed by atoms with Crippen LogP contribution in [0, 0.1) is 6.92 Å². The Morgan fingerprint density at radius 3 is 2.68 bits per heavy atom. The monoisotopic (exact) mass is 295 g/mol. The first kappa shape index (κ1) is 14.3. The summed E-state index contributed by atoms with van der Waals surface area (Å²) in [6.07, 6.45) is 1.85. The van der Waals surface area contributed by atoms with Crippen molar-refractivity contribution in [2.75, 3.05) is 6.79 Å². The van der Waals surface area contributed by atoms with Gasteiger partial charge in [0.1, 0.15) is 12.2 Å². The molecule has 2 aromatic rings. The molecule has 22 heavy (non-hydrogen) atoms. The fourth-order valence-corrected chi connectivity index (χ4v) is 2.50. The molecule has 1 aromatic heterocycles. The molecule has 112 valence electrons. The van der Waals surface area contributed by atoms with E-state index in [0.717, 1.165) is 11.3 Å². The number of hydrogen-bond donors (Lipinski definition) is 0. The van der Waals surface area contributed by atoms with Crippen LogP contribution in [-0.2, 0) is 20.7 Å². The molecule has 4 nitrogen and oxygen atoms in total. The highest BCUT2D eigenvalue weighted by atomic mass is 16.7. The van der Waals surface area contributed by atoms with Gasteiger partial charge in [0.05, 0.1) is 5.69 Å². The zero-order valence-corrected chi connectivity index (χ0v) is 12.4. The third-order valence-electron chi connectivity index (χ3n) is 3.53. The average molecular weight is 295 g/mol. The van der Waals surface area contributed by atoms with E-state index in [1.165, 1.54) is 6.26 Å². The number of aromatic nitrogens is 1. The van der Waals surface area contributed by atoms with Gasteiger partial charge in [-0.15, -0.1) is 0 Å². The first-order valence-electron chi connectivity index (χ1n) is 7.19. The van der Waals surface area contributed by atoms with Crippen LogP contribution < -0.4 is 0 Å². The summed E-state index contributed by atoms with van der Waals surface area (Å²) in [4.78, 5) is 17.3. The number of nitrogens with zero attached hydrogens (tertiary/aromatic N) is 1. The highest BCUT2D eigenvalue weighted by molar-refractivity contribution is 5.89. The van der Waals surface area contributed by atoms with E-state index in [9.17, 15) is 4.79 Å². The normalized spacial score (nSPS) is 14.7. The van der Waals surface area contributed by atoms with Gasteiger partial charge in [0.25, 0.3) is 0 Å². The average Bonchev–Trinajstić information content (AvgIpc) is 3.02. The lowest BCUT2D eigenvalue weighted by Crippen LogP contribution is -2.19. The second-order valence-corrected chi connectivity index (χ2v) is 5.21. The first-order chi connectivity index (χ1) is 10.7. The minimum absolute atomic E-state index is 0.0426. The summed E-state index contributed by atoms with van der Waals surface area (Å²) in [5.74, 6) is 0.0442. The van der Waals surface area contributed by atoms with Crippen LogP contribution in [0.1, 0.15) is 22.9 Å². The molecule has 0 fully saturated rings. The number of ketones is 1. The van der Waals surface area contributed by atoms with Crippen molar-refractivity contribution < 1.29 is 14.3 Å². The highest BCUT2D eigenvalue weighted by Crippen LogP contribution is 2.29. The molecule has 4 heteroatoms. The summed E-state index contributed by atoms with van der Waals surface area (Å²) >= 11 is 0. The number of rotatable bonds is 5. The molecule has 0 radical (unpaired) electrons. The molecule has 1 unspecified atom stereocenters. The van der Waals surface area contributed by atoms with Crippen LogP contribution in [0.25, 0.3) is 0 Å². The molecule has 0 spiro atoms. The van der Waals surface area contributed by atoms with Gasteiger partial charge in [0.15, 0.2) is 11.5 Å². The number of carbonyl (C=O) groups is 1. The Morgan fingerprint density at radius 2 is 2.00 bits per heavy atom. The molecule has 0 N–H and O–H groups in total. The molecular weight excluding hydrogens is 278 g/mol. The molecule has 1 aromatic carbocycles. The van der Waals surface area contributed by atoms with Gasteiger partial charge < -0.3 is 9.47 Å². The molecule has 0 saturated heterocycles. The van der Waals surface area contributed by atoms with Gasteiger partial charge in [-0.05, 0) is 24.6 Å². The summed E-state index contributed by atoms with van der Waals surface area (Å²) < 4.78 is 10.6. The topological polar surface area (TPSA) is 48.4 Å². The summed E-state index contributed by atoms with van der Waals surface area (Å²) in [7, 11) is 0. The molecule has 0 amide bonds. The second kappa shape index (κ2) is 6.43. The molecule has 2 heterocycles. The molecule has 1 atom stereocenters. The van der Waals surface area contributed by atoms with Crippen molar-refractivity contribution in [2.24, 2.45) is 0 Å². The zero-order valence-electron chi connectivity index (χ0n) is 12.4. The molecule has 0 bridgehead atoms. The van der Waals surface area contributed by atoms with Gasteiger partial charge in [-0.2, -0.15) is 0 Å². The van der Waals surface area contributed by atoms with E-state index in [2.05, 4.69) is 4.98 Å². The molecular formula is C18H17NO3. The van der Waals surface area contributed by atoms with E-state index in [0.29, 0.717) is 17.9 Å². The van der Waals surface area contributed by atoms with Crippen LogP contribution in [0.2, 0.25) is 0 Å². The van der Waals surface area contributed by atoms with Crippen molar-refractivity contribution in [3.8, 4) is 0 Å². The Bertz CT molecular complexity index is 694. The smallest absolute Gasteiger partial charge is 0.229 e. The van der Waals surface area contributed by atoms with E-state index < -0.39 is 5.92 Å². The Balaban J connectivity index is 1.90. The largest absolute Gasteiger partial charge is 0.462 e. The standard InChI is InChI=1S/C18H17NO3/c1-13-6-5-9-15(19-13)18(17-11-21-12-22-17)16(20)10-14-7-3-2-4-8-14/h2-9,11,18H,10,12H2,1H3. The maximum absolute atomic E-state index is 12.8. The minimum Gasteiger partial charge on any atom is -0.462 e. The van der Waals surface area contributed by atoms with Crippen LogP contribution in [0.3, 0.4) is 0 Å². The van der Waals surface area contributed by atoms with Crippen molar-refractivity contribution in [3.05, 3.63) is 77.5 Å². The fraction of sp³-hybridized carbons (Fsp3) is 0.222. The Hall–Kier alpha value is -2.62. The number of pyridine rings is 1. The van der Waals surface area contributed by atoms with Gasteiger partial charge >= 0.3 is 0 Å². The third-order valence-corrected chi connectivity index (χ3v) is 3.53. The predicted octanol–water partition coefficient (Wildman–Crippen LogP) is 3.13. The number of benzene rings is 1. The van der Waals surface area contributed by atoms with Crippen molar-refractivity contribution in [1.29, 1.82) is 0 Å². The van der Waals surface area contributed by atoms with E-state index in [-0.39, 0.29) is 12.6 Å². The van der Waals surface area contributed by atoms with Crippen LogP contribution in [-0.4, -0.2) is 17.6 Å². The van der Waals surface area contributed by atoms with Gasteiger partial charge in [-0.25, -0.2) is 0 Å². The summed E-state index contributed by atoms with van der Waals surface area (Å²) in [5.41, 5.74) is 2.54. The van der Waals surface area contributed by atoms with Gasteiger partial charge in [-0.1, -0.05) is 36.4 Å². The quantitative estimate of drug-likeness (QED) is 0.850. The highest BCUT2D eigenvalue weighted by Gasteiger charge is 2.30. The molecule has 0 saturated carbocycles. The van der Waals surface area contributed by atoms with Crippen LogP contribution in [0.4, 0.5) is 0 Å². The lowest BCUT2D eigenvalue weighted by Gasteiger charge is -2.16. The molecule has 0 aliphatic carbocycles.